The number of aliphatic imine (C=N–C) groups is 1. The van der Waals surface area contributed by atoms with Crippen molar-refractivity contribution in [2.45, 2.75) is 39.7 Å². The number of hydrogen-bond acceptors (Lipinski definition) is 2. The summed E-state index contributed by atoms with van der Waals surface area (Å²) in [5.74, 6) is 3.24. The molecule has 1 heterocycles. The fourth-order valence-corrected chi connectivity index (χ4v) is 1.84. The molecule has 0 aromatic carbocycles. The fraction of sp³-hybridized carbons (Fsp3) is 0.583. The number of nitrogens with zero attached hydrogens (tertiary/aromatic N) is 1. The van der Waals surface area contributed by atoms with Crippen LogP contribution in [0.2, 0.25) is 0 Å². The summed E-state index contributed by atoms with van der Waals surface area (Å²) in [4.78, 5) is 4.52. The van der Waals surface area contributed by atoms with Gasteiger partial charge in [-0.05, 0) is 39.7 Å². The molecule has 1 aliphatic rings. The highest BCUT2D eigenvalue weighted by Crippen LogP contribution is 2.31. The van der Waals surface area contributed by atoms with Crippen LogP contribution in [0.5, 0.6) is 0 Å². The summed E-state index contributed by atoms with van der Waals surface area (Å²) < 4.78 is 5.48. The Morgan fingerprint density at radius 1 is 1.53 bits per heavy atom. The minimum absolute atomic E-state index is 0.114. The van der Waals surface area contributed by atoms with Crippen LogP contribution in [0.4, 0.5) is 0 Å². The monoisotopic (exact) mass is 206 g/mol. The highest BCUT2D eigenvalue weighted by molar-refractivity contribution is 5.85. The Balaban J connectivity index is 2.16. The number of amidine groups is 1. The molecule has 1 aliphatic carbocycles. The molecule has 0 bridgehead atoms. The lowest BCUT2D eigenvalue weighted by Gasteiger charge is -2.06. The van der Waals surface area contributed by atoms with E-state index in [0.29, 0.717) is 5.92 Å². The molecule has 3 heteroatoms. The zero-order chi connectivity index (χ0) is 11.0. The quantitative estimate of drug-likeness (QED) is 0.610. The molecule has 1 atom stereocenters. The van der Waals surface area contributed by atoms with E-state index in [4.69, 9.17) is 10.2 Å². The van der Waals surface area contributed by atoms with Crippen LogP contribution in [0.1, 0.15) is 42.9 Å². The van der Waals surface area contributed by atoms with Crippen molar-refractivity contribution in [3.8, 4) is 0 Å². The molecule has 1 aromatic heterocycles. The van der Waals surface area contributed by atoms with Gasteiger partial charge in [0.05, 0.1) is 11.9 Å². The van der Waals surface area contributed by atoms with E-state index in [1.807, 2.05) is 19.9 Å². The number of hydrogen-bond donors (Lipinski definition) is 1. The van der Waals surface area contributed by atoms with E-state index in [1.165, 1.54) is 12.8 Å². The van der Waals surface area contributed by atoms with Gasteiger partial charge in [0.1, 0.15) is 11.5 Å². The smallest absolute Gasteiger partial charge is 0.106 e. The molecule has 2 N–H and O–H groups in total. The molecule has 0 saturated heterocycles. The maximum Gasteiger partial charge on any atom is 0.106 e. The summed E-state index contributed by atoms with van der Waals surface area (Å²) in [6, 6.07) is 2.16. The number of nitrogens with two attached hydrogens (primary N) is 1. The van der Waals surface area contributed by atoms with Crippen LogP contribution >= 0.6 is 0 Å². The van der Waals surface area contributed by atoms with Crippen molar-refractivity contribution in [3.63, 3.8) is 0 Å². The Morgan fingerprint density at radius 2 is 2.20 bits per heavy atom. The van der Waals surface area contributed by atoms with Crippen molar-refractivity contribution in [1.82, 2.24) is 0 Å². The van der Waals surface area contributed by atoms with E-state index in [1.54, 1.807) is 0 Å². The van der Waals surface area contributed by atoms with E-state index in [2.05, 4.69) is 11.9 Å². The van der Waals surface area contributed by atoms with E-state index in [9.17, 15) is 0 Å². The molecular weight excluding hydrogens is 188 g/mol. The van der Waals surface area contributed by atoms with E-state index >= 15 is 0 Å². The molecular formula is C12H18N2O. The first-order valence-electron chi connectivity index (χ1n) is 5.48. The van der Waals surface area contributed by atoms with Gasteiger partial charge in [0.15, 0.2) is 0 Å². The van der Waals surface area contributed by atoms with Crippen molar-refractivity contribution >= 4 is 5.84 Å². The third kappa shape index (κ3) is 2.22. The second-order valence-electron chi connectivity index (χ2n) is 4.37. The second-order valence-corrected chi connectivity index (χ2v) is 4.37. The van der Waals surface area contributed by atoms with Crippen molar-refractivity contribution in [1.29, 1.82) is 0 Å². The zero-order valence-electron chi connectivity index (χ0n) is 9.58. The van der Waals surface area contributed by atoms with Crippen LogP contribution in [-0.4, -0.2) is 5.84 Å². The number of aryl methyl sites for hydroxylation is 2. The predicted molar refractivity (Wildman–Crippen MR) is 60.9 cm³/mol. The van der Waals surface area contributed by atoms with Crippen LogP contribution in [0.15, 0.2) is 15.5 Å². The lowest BCUT2D eigenvalue weighted by atomic mass is 10.1. The molecule has 0 spiro atoms. The minimum atomic E-state index is 0.114. The largest absolute Gasteiger partial charge is 0.466 e. The van der Waals surface area contributed by atoms with Gasteiger partial charge in [-0.3, -0.25) is 4.99 Å². The SMILES string of the molecule is Cc1cc(C(C)N=C(N)C2CC2)c(C)o1. The molecule has 82 valence electrons. The first-order chi connectivity index (χ1) is 7.08. The van der Waals surface area contributed by atoms with Gasteiger partial charge in [-0.1, -0.05) is 0 Å². The Bertz CT molecular complexity index is 388. The predicted octanol–water partition coefficient (Wildman–Crippen LogP) is 2.72. The van der Waals surface area contributed by atoms with Gasteiger partial charge in [0.2, 0.25) is 0 Å². The van der Waals surface area contributed by atoms with Gasteiger partial charge in [0, 0.05) is 11.5 Å². The molecule has 0 aliphatic heterocycles. The fourth-order valence-electron chi connectivity index (χ4n) is 1.84. The van der Waals surface area contributed by atoms with Gasteiger partial charge in [-0.2, -0.15) is 0 Å². The third-order valence-corrected chi connectivity index (χ3v) is 2.87. The molecule has 3 nitrogen and oxygen atoms in total. The molecule has 1 unspecified atom stereocenters. The van der Waals surface area contributed by atoms with Crippen molar-refractivity contribution in [2.24, 2.45) is 16.6 Å². The van der Waals surface area contributed by atoms with E-state index < -0.39 is 0 Å². The summed E-state index contributed by atoms with van der Waals surface area (Å²) >= 11 is 0. The van der Waals surface area contributed by atoms with Crippen LogP contribution in [0.25, 0.3) is 0 Å². The lowest BCUT2D eigenvalue weighted by Crippen LogP contribution is -2.15. The maximum absolute atomic E-state index is 5.89. The van der Waals surface area contributed by atoms with Crippen LogP contribution in [0.3, 0.4) is 0 Å². The summed E-state index contributed by atoms with van der Waals surface area (Å²) in [5.41, 5.74) is 7.04. The highest BCUT2D eigenvalue weighted by atomic mass is 16.3. The Morgan fingerprint density at radius 3 is 2.67 bits per heavy atom. The minimum Gasteiger partial charge on any atom is -0.466 e. The first-order valence-corrected chi connectivity index (χ1v) is 5.48. The molecule has 1 saturated carbocycles. The van der Waals surface area contributed by atoms with Crippen LogP contribution < -0.4 is 5.73 Å². The Kier molecular flexibility index (Phi) is 2.55. The van der Waals surface area contributed by atoms with Crippen LogP contribution in [-0.2, 0) is 0 Å². The zero-order valence-corrected chi connectivity index (χ0v) is 9.58. The molecule has 1 aromatic rings. The Hall–Kier alpha value is -1.25. The van der Waals surface area contributed by atoms with E-state index in [0.717, 1.165) is 22.9 Å². The summed E-state index contributed by atoms with van der Waals surface area (Å²) in [6.07, 6.45) is 2.40. The first kappa shape index (κ1) is 10.3. The van der Waals surface area contributed by atoms with Gasteiger partial charge in [-0.25, -0.2) is 0 Å². The highest BCUT2D eigenvalue weighted by Gasteiger charge is 2.26. The lowest BCUT2D eigenvalue weighted by molar-refractivity contribution is 0.499. The number of rotatable bonds is 3. The summed E-state index contributed by atoms with van der Waals surface area (Å²) in [5, 5.41) is 0. The van der Waals surface area contributed by atoms with Crippen molar-refractivity contribution in [2.75, 3.05) is 0 Å². The second kappa shape index (κ2) is 3.72. The summed E-state index contributed by atoms with van der Waals surface area (Å²) in [7, 11) is 0. The third-order valence-electron chi connectivity index (χ3n) is 2.87. The molecule has 15 heavy (non-hydrogen) atoms. The molecule has 0 amide bonds. The average Bonchev–Trinajstić information content (AvgIpc) is 2.92. The standard InChI is InChI=1S/C12H18N2O/c1-7-6-11(9(3)15-7)8(2)14-12(13)10-4-5-10/h6,8,10H,4-5H2,1-3H3,(H2,13,14). The Labute approximate surface area is 90.4 Å². The maximum atomic E-state index is 5.89. The molecule has 2 rings (SSSR count). The number of furan rings is 1. The van der Waals surface area contributed by atoms with E-state index in [-0.39, 0.29) is 6.04 Å². The normalized spacial score (nSPS) is 19.3. The van der Waals surface area contributed by atoms with Crippen molar-refractivity contribution < 1.29 is 4.42 Å². The molecule has 0 radical (unpaired) electrons. The topological polar surface area (TPSA) is 51.5 Å². The van der Waals surface area contributed by atoms with Gasteiger partial charge in [0.25, 0.3) is 0 Å². The van der Waals surface area contributed by atoms with Crippen molar-refractivity contribution in [3.05, 3.63) is 23.2 Å². The average molecular weight is 206 g/mol. The van der Waals surface area contributed by atoms with Gasteiger partial charge < -0.3 is 10.2 Å². The van der Waals surface area contributed by atoms with Crippen LogP contribution in [0, 0.1) is 19.8 Å². The van der Waals surface area contributed by atoms with Gasteiger partial charge in [-0.15, -0.1) is 0 Å². The molecule has 1 fully saturated rings. The summed E-state index contributed by atoms with van der Waals surface area (Å²) in [6.45, 7) is 5.99. The van der Waals surface area contributed by atoms with Gasteiger partial charge >= 0.3 is 0 Å².